The van der Waals surface area contributed by atoms with Crippen LogP contribution < -0.4 is 15.2 Å². The van der Waals surface area contributed by atoms with E-state index in [1.165, 1.54) is 30.3 Å². The fraction of sp³-hybridized carbons (Fsp3) is 0.0714. The average molecular weight is 522 g/mol. The predicted molar refractivity (Wildman–Crippen MR) is 139 cm³/mol. The number of benzene rings is 4. The number of carboxylic acids is 1. The van der Waals surface area contributed by atoms with E-state index in [1.54, 1.807) is 18.2 Å². The summed E-state index contributed by atoms with van der Waals surface area (Å²) in [6.45, 7) is 0.296. The first-order valence-corrected chi connectivity index (χ1v) is 11.6. The number of rotatable bonds is 9. The summed E-state index contributed by atoms with van der Waals surface area (Å²) in [4.78, 5) is 25.2. The Labute approximate surface area is 217 Å². The Bertz CT molecular complexity index is 1370. The molecule has 0 aromatic heterocycles. The molecule has 4 aromatic carbocycles. The summed E-state index contributed by atoms with van der Waals surface area (Å²) in [7, 11) is 0. The van der Waals surface area contributed by atoms with Crippen LogP contribution in [0.5, 0.6) is 11.5 Å². The third-order valence-electron chi connectivity index (χ3n) is 5.40. The van der Waals surface area contributed by atoms with Gasteiger partial charge < -0.3 is 20.3 Å². The number of carbonyl (C=O) groups excluding carboxylic acids is 1. The topological polar surface area (TPSA) is 98.9 Å². The molecule has 8 heteroatoms. The van der Waals surface area contributed by atoms with Crippen LogP contribution in [-0.4, -0.2) is 16.9 Å². The van der Waals surface area contributed by atoms with E-state index in [0.717, 1.165) is 11.1 Å². The van der Waals surface area contributed by atoms with Gasteiger partial charge in [0.15, 0.2) is 5.78 Å². The smallest absolute Gasteiger partial charge is 0.336 e. The van der Waals surface area contributed by atoms with E-state index in [9.17, 15) is 14.7 Å². The predicted octanol–water partition coefficient (Wildman–Crippen LogP) is 6.66. The minimum absolute atomic E-state index is 0.0563. The largest absolute Gasteiger partial charge is 0.489 e. The van der Waals surface area contributed by atoms with Crippen molar-refractivity contribution in [2.24, 2.45) is 0 Å². The van der Waals surface area contributed by atoms with Crippen LogP contribution in [-0.2, 0) is 13.2 Å². The maximum Gasteiger partial charge on any atom is 0.336 e. The van der Waals surface area contributed by atoms with Crippen LogP contribution in [0.15, 0.2) is 84.9 Å². The molecule has 3 N–H and O–H groups in total. The number of anilines is 1. The van der Waals surface area contributed by atoms with Crippen LogP contribution in [0, 0.1) is 0 Å². The number of carboxylic acid groups (broad SMARTS) is 1. The zero-order chi connectivity index (χ0) is 25.7. The Kier molecular flexibility index (Phi) is 7.78. The van der Waals surface area contributed by atoms with E-state index in [4.69, 9.17) is 38.4 Å². The summed E-state index contributed by atoms with van der Waals surface area (Å²) < 4.78 is 11.9. The van der Waals surface area contributed by atoms with Gasteiger partial charge in [-0.05, 0) is 36.4 Å². The molecule has 4 aromatic rings. The van der Waals surface area contributed by atoms with E-state index in [0.29, 0.717) is 21.5 Å². The van der Waals surface area contributed by atoms with Crippen molar-refractivity contribution in [3.05, 3.63) is 123 Å². The lowest BCUT2D eigenvalue weighted by Crippen LogP contribution is -2.13. The fourth-order valence-electron chi connectivity index (χ4n) is 3.57. The Hall–Kier alpha value is -4.00. The molecule has 0 amide bonds. The Morgan fingerprint density at radius 1 is 0.750 bits per heavy atom. The quantitative estimate of drug-likeness (QED) is 0.188. The van der Waals surface area contributed by atoms with Gasteiger partial charge in [0.1, 0.15) is 24.7 Å². The van der Waals surface area contributed by atoms with Gasteiger partial charge in [-0.2, -0.15) is 0 Å². The monoisotopic (exact) mass is 521 g/mol. The highest BCUT2D eigenvalue weighted by Gasteiger charge is 2.22. The number of carbonyl (C=O) groups is 2. The minimum Gasteiger partial charge on any atom is -0.489 e. The molecule has 0 heterocycles. The minimum atomic E-state index is -1.26. The number of hydrogen-bond donors (Lipinski definition) is 2. The molecule has 0 saturated heterocycles. The molecular weight excluding hydrogens is 501 g/mol. The van der Waals surface area contributed by atoms with Gasteiger partial charge >= 0.3 is 5.97 Å². The summed E-state index contributed by atoms with van der Waals surface area (Å²) >= 11 is 12.5. The van der Waals surface area contributed by atoms with E-state index >= 15 is 0 Å². The van der Waals surface area contributed by atoms with Crippen molar-refractivity contribution in [1.82, 2.24) is 0 Å². The van der Waals surface area contributed by atoms with Gasteiger partial charge in [0.05, 0.1) is 11.1 Å². The summed E-state index contributed by atoms with van der Waals surface area (Å²) in [6.07, 6.45) is 0. The molecule has 4 rings (SSSR count). The number of hydrogen-bond acceptors (Lipinski definition) is 5. The third kappa shape index (κ3) is 5.79. The Morgan fingerprint density at radius 2 is 1.28 bits per heavy atom. The van der Waals surface area contributed by atoms with Crippen LogP contribution in [0.3, 0.4) is 0 Å². The second-order valence-electron chi connectivity index (χ2n) is 7.86. The van der Waals surface area contributed by atoms with E-state index < -0.39 is 11.8 Å². The van der Waals surface area contributed by atoms with E-state index in [1.807, 2.05) is 36.4 Å². The molecule has 0 radical (unpaired) electrons. The number of ketones is 1. The van der Waals surface area contributed by atoms with Gasteiger partial charge in [0.2, 0.25) is 0 Å². The normalized spacial score (nSPS) is 10.6. The van der Waals surface area contributed by atoms with Crippen molar-refractivity contribution in [3.8, 4) is 11.5 Å². The van der Waals surface area contributed by atoms with Gasteiger partial charge in [-0.15, -0.1) is 0 Å². The summed E-state index contributed by atoms with van der Waals surface area (Å²) in [5, 5.41) is 10.7. The first-order valence-electron chi connectivity index (χ1n) is 10.9. The standard InChI is InChI=1S/C28H21Cl2NO5/c29-23-9-3-1-6-17(23)15-35-20-12-19(27(32)26-22(28(33)34)8-5-11-25(26)31)13-21(14-20)36-16-18-7-2-4-10-24(18)30/h1-14H,15-16,31H2,(H,33,34). The third-order valence-corrected chi connectivity index (χ3v) is 6.14. The van der Waals surface area contributed by atoms with Crippen molar-refractivity contribution in [1.29, 1.82) is 0 Å². The molecule has 0 atom stereocenters. The number of aromatic carboxylic acids is 1. The number of nitrogens with two attached hydrogens (primary N) is 1. The first kappa shape index (κ1) is 25.1. The van der Waals surface area contributed by atoms with Crippen molar-refractivity contribution in [2.75, 3.05) is 5.73 Å². The zero-order valence-corrected chi connectivity index (χ0v) is 20.4. The number of nitrogen functional groups attached to an aromatic ring is 1. The van der Waals surface area contributed by atoms with Gasteiger partial charge in [0, 0.05) is 38.5 Å². The van der Waals surface area contributed by atoms with E-state index in [-0.39, 0.29) is 35.6 Å². The van der Waals surface area contributed by atoms with Crippen LogP contribution in [0.4, 0.5) is 5.69 Å². The van der Waals surface area contributed by atoms with Crippen molar-refractivity contribution < 1.29 is 24.2 Å². The summed E-state index contributed by atoms with van der Waals surface area (Å²) in [5.74, 6) is -1.16. The second-order valence-corrected chi connectivity index (χ2v) is 8.67. The maximum absolute atomic E-state index is 13.5. The van der Waals surface area contributed by atoms with E-state index in [2.05, 4.69) is 0 Å². The zero-order valence-electron chi connectivity index (χ0n) is 18.9. The van der Waals surface area contributed by atoms with Gasteiger partial charge in [-0.1, -0.05) is 65.7 Å². The fourth-order valence-corrected chi connectivity index (χ4v) is 3.95. The molecular formula is C28H21Cl2NO5. The summed E-state index contributed by atoms with van der Waals surface area (Å²) in [5.41, 5.74) is 7.43. The number of halogens is 2. The summed E-state index contributed by atoms with van der Waals surface area (Å²) in [6, 6.07) is 23.4. The molecule has 0 aliphatic heterocycles. The molecule has 182 valence electrons. The molecule has 0 fully saturated rings. The second kappa shape index (κ2) is 11.2. The Morgan fingerprint density at radius 3 is 1.78 bits per heavy atom. The lowest BCUT2D eigenvalue weighted by Gasteiger charge is -2.14. The van der Waals surface area contributed by atoms with Gasteiger partial charge in [0.25, 0.3) is 0 Å². The lowest BCUT2D eigenvalue weighted by atomic mass is 9.96. The molecule has 36 heavy (non-hydrogen) atoms. The highest BCUT2D eigenvalue weighted by Crippen LogP contribution is 2.30. The molecule has 0 saturated carbocycles. The van der Waals surface area contributed by atoms with Gasteiger partial charge in [-0.25, -0.2) is 4.79 Å². The highest BCUT2D eigenvalue weighted by atomic mass is 35.5. The van der Waals surface area contributed by atoms with Crippen molar-refractivity contribution in [3.63, 3.8) is 0 Å². The average Bonchev–Trinajstić information content (AvgIpc) is 2.87. The Balaban J connectivity index is 1.70. The molecule has 6 nitrogen and oxygen atoms in total. The highest BCUT2D eigenvalue weighted by molar-refractivity contribution is 6.31. The van der Waals surface area contributed by atoms with Crippen LogP contribution in [0.2, 0.25) is 10.0 Å². The molecule has 0 bridgehead atoms. The molecule has 0 aliphatic rings. The SMILES string of the molecule is Nc1cccc(C(=O)O)c1C(=O)c1cc(OCc2ccccc2Cl)cc(OCc2ccccc2Cl)c1. The van der Waals surface area contributed by atoms with Crippen LogP contribution >= 0.6 is 23.2 Å². The maximum atomic E-state index is 13.5. The first-order chi connectivity index (χ1) is 17.3. The van der Waals surface area contributed by atoms with Gasteiger partial charge in [-0.3, -0.25) is 4.79 Å². The lowest BCUT2D eigenvalue weighted by molar-refractivity contribution is 0.0693. The number of ether oxygens (including phenoxy) is 2. The van der Waals surface area contributed by atoms with Crippen molar-refractivity contribution >= 4 is 40.6 Å². The van der Waals surface area contributed by atoms with Crippen LogP contribution in [0.25, 0.3) is 0 Å². The molecule has 0 aliphatic carbocycles. The molecule has 0 unspecified atom stereocenters. The van der Waals surface area contributed by atoms with Crippen LogP contribution in [0.1, 0.15) is 37.4 Å². The molecule has 0 spiro atoms. The van der Waals surface area contributed by atoms with Crippen molar-refractivity contribution in [2.45, 2.75) is 13.2 Å².